The maximum atomic E-state index is 11.0. The van der Waals surface area contributed by atoms with Gasteiger partial charge in [-0.3, -0.25) is 4.79 Å². The lowest BCUT2D eigenvalue weighted by Gasteiger charge is -2.29. The van der Waals surface area contributed by atoms with Crippen molar-refractivity contribution in [2.75, 3.05) is 19.6 Å². The van der Waals surface area contributed by atoms with Crippen LogP contribution in [0.3, 0.4) is 0 Å². The van der Waals surface area contributed by atoms with E-state index in [2.05, 4.69) is 16.7 Å². The lowest BCUT2D eigenvalue weighted by atomic mass is 9.99. The van der Waals surface area contributed by atoms with Gasteiger partial charge in [0.1, 0.15) is 0 Å². The molecule has 0 amide bonds. The van der Waals surface area contributed by atoms with Crippen LogP contribution in [0.4, 0.5) is 0 Å². The molecule has 14 heavy (non-hydrogen) atoms. The smallest absolute Gasteiger partial charge is 0.327 e. The first-order valence-corrected chi connectivity index (χ1v) is 5.10. The van der Waals surface area contributed by atoms with Gasteiger partial charge in [-0.1, -0.05) is 12.5 Å². The zero-order chi connectivity index (χ0) is 10.4. The van der Waals surface area contributed by atoms with E-state index < -0.39 is 0 Å². The number of carbonyl (C=O) groups excluding carboxylic acids is 1. The number of nitrogens with two attached hydrogens (primary N) is 1. The van der Waals surface area contributed by atoms with E-state index in [-0.39, 0.29) is 5.97 Å². The summed E-state index contributed by atoms with van der Waals surface area (Å²) < 4.78 is 0. The fraction of sp³-hybridized carbons (Fsp3) is 0.889. The van der Waals surface area contributed by atoms with Gasteiger partial charge in [-0.25, -0.2) is 5.84 Å². The molecule has 0 spiro atoms. The quantitative estimate of drug-likeness (QED) is 0.496. The van der Waals surface area contributed by atoms with Gasteiger partial charge in [0.25, 0.3) is 0 Å². The highest BCUT2D eigenvalue weighted by molar-refractivity contribution is 5.69. The molecule has 0 atom stereocenters. The molecule has 1 rings (SSSR count). The second kappa shape index (κ2) is 5.95. The van der Waals surface area contributed by atoms with Crippen molar-refractivity contribution < 1.29 is 9.63 Å². The normalized spacial score (nSPS) is 19.6. The van der Waals surface area contributed by atoms with E-state index in [9.17, 15) is 4.79 Å². The minimum absolute atomic E-state index is 0.300. The maximum Gasteiger partial charge on any atom is 0.327 e. The molecule has 1 saturated heterocycles. The van der Waals surface area contributed by atoms with Crippen LogP contribution >= 0.6 is 0 Å². The van der Waals surface area contributed by atoms with Crippen molar-refractivity contribution in [2.24, 2.45) is 11.8 Å². The molecule has 0 radical (unpaired) electrons. The van der Waals surface area contributed by atoms with Crippen molar-refractivity contribution in [2.45, 2.75) is 26.2 Å². The molecule has 0 saturated carbocycles. The summed E-state index contributed by atoms with van der Waals surface area (Å²) in [7, 11) is 0. The summed E-state index contributed by atoms with van der Waals surface area (Å²) in [6.07, 6.45) is 2.85. The standard InChI is InChI=1S/C9H19N3O2/c1-8-2-5-12(6-3-8)7-4-9(13)14-11-10/h8,11H,2-7,10H2,1H3. The Bertz CT molecular complexity index is 179. The van der Waals surface area contributed by atoms with Gasteiger partial charge in [0, 0.05) is 6.54 Å². The summed E-state index contributed by atoms with van der Waals surface area (Å²) in [5, 5.41) is 0. The fourth-order valence-electron chi connectivity index (χ4n) is 1.65. The van der Waals surface area contributed by atoms with Crippen molar-refractivity contribution in [3.63, 3.8) is 0 Å². The second-order valence-corrected chi connectivity index (χ2v) is 3.87. The molecular formula is C9H19N3O2. The van der Waals surface area contributed by atoms with Crippen LogP contribution < -0.4 is 11.4 Å². The Balaban J connectivity index is 2.09. The summed E-state index contributed by atoms with van der Waals surface area (Å²) in [6.45, 7) is 5.21. The Morgan fingerprint density at radius 1 is 1.57 bits per heavy atom. The van der Waals surface area contributed by atoms with E-state index >= 15 is 0 Å². The summed E-state index contributed by atoms with van der Waals surface area (Å²) in [5.41, 5.74) is 1.89. The average molecular weight is 201 g/mol. The maximum absolute atomic E-state index is 11.0. The van der Waals surface area contributed by atoms with Gasteiger partial charge >= 0.3 is 5.97 Å². The van der Waals surface area contributed by atoms with E-state index in [1.807, 2.05) is 5.59 Å². The summed E-state index contributed by atoms with van der Waals surface area (Å²) in [5.74, 6) is 5.37. The van der Waals surface area contributed by atoms with Crippen LogP contribution in [0.5, 0.6) is 0 Å². The summed E-state index contributed by atoms with van der Waals surface area (Å²) in [6, 6.07) is 0. The van der Waals surface area contributed by atoms with Crippen LogP contribution in [0.15, 0.2) is 0 Å². The molecule has 82 valence electrons. The molecule has 1 aliphatic heterocycles. The van der Waals surface area contributed by atoms with Crippen LogP contribution in [0, 0.1) is 5.92 Å². The molecule has 1 fully saturated rings. The van der Waals surface area contributed by atoms with Crippen LogP contribution in [0.2, 0.25) is 0 Å². The predicted molar refractivity (Wildman–Crippen MR) is 52.9 cm³/mol. The minimum atomic E-state index is -0.300. The molecule has 1 aliphatic rings. The predicted octanol–water partition coefficient (Wildman–Crippen LogP) is 0.0299. The van der Waals surface area contributed by atoms with Gasteiger partial charge in [0.05, 0.1) is 6.42 Å². The molecule has 5 heteroatoms. The molecule has 0 aromatic carbocycles. The zero-order valence-electron chi connectivity index (χ0n) is 8.66. The first kappa shape index (κ1) is 11.4. The third-order valence-corrected chi connectivity index (χ3v) is 2.68. The number of carbonyl (C=O) groups is 1. The van der Waals surface area contributed by atoms with Crippen molar-refractivity contribution in [3.05, 3.63) is 0 Å². The highest BCUT2D eigenvalue weighted by Crippen LogP contribution is 2.15. The number of nitrogens with one attached hydrogen (secondary N) is 1. The van der Waals surface area contributed by atoms with Crippen molar-refractivity contribution in [1.82, 2.24) is 10.5 Å². The molecule has 5 nitrogen and oxygen atoms in total. The number of hydrazine groups is 1. The number of likely N-dealkylation sites (tertiary alicyclic amines) is 1. The second-order valence-electron chi connectivity index (χ2n) is 3.87. The Kier molecular flexibility index (Phi) is 4.86. The number of hydrogen-bond acceptors (Lipinski definition) is 5. The van der Waals surface area contributed by atoms with Gasteiger partial charge in [0.15, 0.2) is 0 Å². The molecule has 0 aliphatic carbocycles. The Labute approximate surface area is 84.5 Å². The highest BCUT2D eigenvalue weighted by atomic mass is 16.7. The third kappa shape index (κ3) is 4.04. The molecule has 0 bridgehead atoms. The molecule has 0 aromatic heterocycles. The monoisotopic (exact) mass is 201 g/mol. The first-order chi connectivity index (χ1) is 6.72. The SMILES string of the molecule is CC1CCN(CCC(=O)ONN)CC1. The van der Waals surface area contributed by atoms with Crippen LogP contribution in [0.1, 0.15) is 26.2 Å². The Morgan fingerprint density at radius 3 is 2.79 bits per heavy atom. The van der Waals surface area contributed by atoms with E-state index in [4.69, 9.17) is 5.84 Å². The van der Waals surface area contributed by atoms with Crippen LogP contribution in [-0.2, 0) is 9.63 Å². The number of rotatable bonds is 4. The molecular weight excluding hydrogens is 182 g/mol. The van der Waals surface area contributed by atoms with Crippen LogP contribution in [0.25, 0.3) is 0 Å². The molecule has 0 aromatic rings. The van der Waals surface area contributed by atoms with E-state index in [1.165, 1.54) is 12.8 Å². The van der Waals surface area contributed by atoms with E-state index in [0.29, 0.717) is 6.42 Å². The number of hydrogen-bond donors (Lipinski definition) is 2. The van der Waals surface area contributed by atoms with Gasteiger partial charge in [-0.05, 0) is 31.8 Å². The van der Waals surface area contributed by atoms with Gasteiger partial charge in [0.2, 0.25) is 0 Å². The topological polar surface area (TPSA) is 67.6 Å². The lowest BCUT2D eigenvalue weighted by molar-refractivity contribution is -0.151. The van der Waals surface area contributed by atoms with Gasteiger partial charge in [-0.15, -0.1) is 0 Å². The number of piperidine rings is 1. The van der Waals surface area contributed by atoms with E-state index in [0.717, 1.165) is 25.6 Å². The largest absolute Gasteiger partial charge is 0.356 e. The van der Waals surface area contributed by atoms with Crippen molar-refractivity contribution in [3.8, 4) is 0 Å². The molecule has 1 heterocycles. The third-order valence-electron chi connectivity index (χ3n) is 2.68. The molecule has 0 unspecified atom stereocenters. The van der Waals surface area contributed by atoms with Gasteiger partial charge in [-0.2, -0.15) is 0 Å². The lowest BCUT2D eigenvalue weighted by Crippen LogP contribution is -2.35. The first-order valence-electron chi connectivity index (χ1n) is 5.10. The van der Waals surface area contributed by atoms with Crippen LogP contribution in [-0.4, -0.2) is 30.5 Å². The Hall–Kier alpha value is -0.650. The van der Waals surface area contributed by atoms with Crippen molar-refractivity contribution >= 4 is 5.97 Å². The van der Waals surface area contributed by atoms with Gasteiger partial charge < -0.3 is 9.74 Å². The molecule has 3 N–H and O–H groups in total. The van der Waals surface area contributed by atoms with E-state index in [1.54, 1.807) is 0 Å². The summed E-state index contributed by atoms with van der Waals surface area (Å²) in [4.78, 5) is 17.7. The van der Waals surface area contributed by atoms with Crippen molar-refractivity contribution in [1.29, 1.82) is 0 Å². The zero-order valence-corrected chi connectivity index (χ0v) is 8.66. The fourth-order valence-corrected chi connectivity index (χ4v) is 1.65. The average Bonchev–Trinajstić information content (AvgIpc) is 2.17. The highest BCUT2D eigenvalue weighted by Gasteiger charge is 2.16. The number of nitrogens with zero attached hydrogens (tertiary/aromatic N) is 1. The Morgan fingerprint density at radius 2 is 2.21 bits per heavy atom. The minimum Gasteiger partial charge on any atom is -0.356 e. The summed E-state index contributed by atoms with van der Waals surface area (Å²) >= 11 is 0.